The number of aromatic nitrogens is 2. The minimum Gasteiger partial charge on any atom is -0.486 e. The monoisotopic (exact) mass is 426 g/mol. The number of hydrogen-bond donors (Lipinski definition) is 0. The molecule has 1 aromatic heterocycles. The summed E-state index contributed by atoms with van der Waals surface area (Å²) in [6.45, 7) is 11.2. The van der Waals surface area contributed by atoms with Gasteiger partial charge in [-0.3, -0.25) is 14.5 Å². The van der Waals surface area contributed by atoms with Crippen LogP contribution in [-0.2, 0) is 12.0 Å². The first kappa shape index (κ1) is 21.4. The van der Waals surface area contributed by atoms with E-state index in [-0.39, 0.29) is 16.9 Å². The Bertz CT molecular complexity index is 1000. The lowest BCUT2D eigenvalue weighted by Gasteiger charge is -2.35. The summed E-state index contributed by atoms with van der Waals surface area (Å²) in [6, 6.07) is 8.85. The van der Waals surface area contributed by atoms with Gasteiger partial charge in [-0.1, -0.05) is 26.8 Å². The third kappa shape index (κ3) is 4.74. The maximum atomic E-state index is 13.1. The highest BCUT2D eigenvalue weighted by Crippen LogP contribution is 2.34. The lowest BCUT2D eigenvalue weighted by molar-refractivity contribution is 0.0622. The third-order valence-electron chi connectivity index (χ3n) is 5.72. The largest absolute Gasteiger partial charge is 0.486 e. The molecule has 31 heavy (non-hydrogen) atoms. The molecule has 1 amide bonds. The zero-order chi connectivity index (χ0) is 22.0. The van der Waals surface area contributed by atoms with Crippen LogP contribution in [0.4, 0.5) is 0 Å². The second kappa shape index (κ2) is 8.70. The fourth-order valence-corrected chi connectivity index (χ4v) is 3.83. The van der Waals surface area contributed by atoms with Crippen molar-refractivity contribution < 1.29 is 14.3 Å². The molecule has 0 saturated carbocycles. The van der Waals surface area contributed by atoms with Gasteiger partial charge in [-0.2, -0.15) is 5.10 Å². The van der Waals surface area contributed by atoms with Gasteiger partial charge < -0.3 is 14.4 Å². The molecular formula is C23H30N4O4. The Morgan fingerprint density at radius 2 is 1.74 bits per heavy atom. The van der Waals surface area contributed by atoms with Crippen molar-refractivity contribution in [1.29, 1.82) is 0 Å². The third-order valence-corrected chi connectivity index (χ3v) is 5.72. The number of hydrogen-bond acceptors (Lipinski definition) is 6. The summed E-state index contributed by atoms with van der Waals surface area (Å²) < 4.78 is 12.8. The van der Waals surface area contributed by atoms with E-state index in [1.807, 2.05) is 17.0 Å². The Morgan fingerprint density at radius 3 is 2.48 bits per heavy atom. The molecule has 2 aliphatic heterocycles. The Labute approximate surface area is 182 Å². The average Bonchev–Trinajstić information content (AvgIpc) is 2.77. The van der Waals surface area contributed by atoms with Crippen molar-refractivity contribution in [2.45, 2.75) is 32.7 Å². The number of benzene rings is 1. The second-order valence-corrected chi connectivity index (χ2v) is 8.99. The molecule has 0 unspecified atom stereocenters. The van der Waals surface area contributed by atoms with Crippen molar-refractivity contribution in [2.75, 3.05) is 45.9 Å². The van der Waals surface area contributed by atoms with Crippen molar-refractivity contribution >= 4 is 5.91 Å². The summed E-state index contributed by atoms with van der Waals surface area (Å²) in [5, 5.41) is 4.54. The molecule has 2 aromatic rings. The number of para-hydroxylation sites is 1. The van der Waals surface area contributed by atoms with Crippen LogP contribution < -0.4 is 15.0 Å². The predicted molar refractivity (Wildman–Crippen MR) is 117 cm³/mol. The van der Waals surface area contributed by atoms with Crippen LogP contribution >= 0.6 is 0 Å². The number of piperazine rings is 1. The molecule has 0 bridgehead atoms. The summed E-state index contributed by atoms with van der Waals surface area (Å²) in [6.07, 6.45) is 0. The van der Waals surface area contributed by atoms with Crippen LogP contribution in [0.3, 0.4) is 0 Å². The van der Waals surface area contributed by atoms with Crippen molar-refractivity contribution in [3.63, 3.8) is 0 Å². The fraction of sp³-hybridized carbons (Fsp3) is 0.522. The van der Waals surface area contributed by atoms with Crippen LogP contribution in [0.5, 0.6) is 11.5 Å². The van der Waals surface area contributed by atoms with Gasteiger partial charge in [0.1, 0.15) is 13.2 Å². The molecule has 1 saturated heterocycles. The van der Waals surface area contributed by atoms with Gasteiger partial charge in [-0.15, -0.1) is 0 Å². The van der Waals surface area contributed by atoms with E-state index < -0.39 is 0 Å². The van der Waals surface area contributed by atoms with Crippen LogP contribution in [0.25, 0.3) is 0 Å². The standard InChI is InChI=1S/C23H30N4O4/c1-23(2,3)19-7-8-20(28)27(24-19)14-11-25-9-12-26(13-10-25)22(29)17-5-4-6-18-21(17)31-16-15-30-18/h4-8H,9-16H2,1-3H3. The molecule has 8 heteroatoms. The van der Waals surface area contributed by atoms with Gasteiger partial charge >= 0.3 is 0 Å². The average molecular weight is 427 g/mol. The van der Waals surface area contributed by atoms with E-state index >= 15 is 0 Å². The molecule has 8 nitrogen and oxygen atoms in total. The van der Waals surface area contributed by atoms with Crippen LogP contribution in [-0.4, -0.2) is 71.4 Å². The molecule has 3 heterocycles. The van der Waals surface area contributed by atoms with Crippen LogP contribution in [0, 0.1) is 0 Å². The molecule has 0 aliphatic carbocycles. The number of fused-ring (bicyclic) bond motifs is 1. The number of amides is 1. The highest BCUT2D eigenvalue weighted by atomic mass is 16.6. The molecular weight excluding hydrogens is 396 g/mol. The second-order valence-electron chi connectivity index (χ2n) is 8.99. The molecule has 0 atom stereocenters. The Morgan fingerprint density at radius 1 is 1.00 bits per heavy atom. The zero-order valence-corrected chi connectivity index (χ0v) is 18.5. The van der Waals surface area contributed by atoms with E-state index in [1.165, 1.54) is 0 Å². The first-order valence-corrected chi connectivity index (χ1v) is 10.8. The normalized spacial score (nSPS) is 16.9. The number of rotatable bonds is 4. The smallest absolute Gasteiger partial charge is 0.266 e. The van der Waals surface area contributed by atoms with Crippen molar-refractivity contribution in [2.24, 2.45) is 0 Å². The quantitative estimate of drug-likeness (QED) is 0.742. The van der Waals surface area contributed by atoms with Gasteiger partial charge in [0.15, 0.2) is 11.5 Å². The number of ether oxygens (including phenoxy) is 2. The van der Waals surface area contributed by atoms with Crippen molar-refractivity contribution in [3.05, 3.63) is 51.9 Å². The van der Waals surface area contributed by atoms with Gasteiger partial charge in [0.05, 0.1) is 17.8 Å². The van der Waals surface area contributed by atoms with E-state index in [1.54, 1.807) is 22.9 Å². The number of carbonyl (C=O) groups is 1. The van der Waals surface area contributed by atoms with E-state index in [0.717, 1.165) is 25.3 Å². The summed E-state index contributed by atoms with van der Waals surface area (Å²) >= 11 is 0. The number of nitrogens with zero attached hydrogens (tertiary/aromatic N) is 4. The molecule has 4 rings (SSSR count). The van der Waals surface area contributed by atoms with E-state index in [9.17, 15) is 9.59 Å². The van der Waals surface area contributed by atoms with Crippen LogP contribution in [0.15, 0.2) is 35.1 Å². The Balaban J connectivity index is 1.35. The van der Waals surface area contributed by atoms with Gasteiger partial charge in [0.25, 0.3) is 11.5 Å². The summed E-state index contributed by atoms with van der Waals surface area (Å²) in [5.41, 5.74) is 1.27. The molecule has 2 aliphatic rings. The first-order valence-electron chi connectivity index (χ1n) is 10.8. The summed E-state index contributed by atoms with van der Waals surface area (Å²) in [7, 11) is 0. The highest BCUT2D eigenvalue weighted by molar-refractivity contribution is 5.98. The Kier molecular flexibility index (Phi) is 6.00. The number of carbonyl (C=O) groups excluding carboxylic acids is 1. The van der Waals surface area contributed by atoms with Crippen LogP contribution in [0.2, 0.25) is 0 Å². The molecule has 1 fully saturated rings. The van der Waals surface area contributed by atoms with E-state index in [4.69, 9.17) is 9.47 Å². The fourth-order valence-electron chi connectivity index (χ4n) is 3.83. The first-order chi connectivity index (χ1) is 14.8. The highest BCUT2D eigenvalue weighted by Gasteiger charge is 2.27. The Hall–Kier alpha value is -2.87. The lowest BCUT2D eigenvalue weighted by atomic mass is 9.92. The molecule has 0 spiro atoms. The zero-order valence-electron chi connectivity index (χ0n) is 18.5. The van der Waals surface area contributed by atoms with Crippen molar-refractivity contribution in [1.82, 2.24) is 19.6 Å². The van der Waals surface area contributed by atoms with Crippen LogP contribution in [0.1, 0.15) is 36.8 Å². The lowest BCUT2D eigenvalue weighted by Crippen LogP contribution is -2.49. The maximum absolute atomic E-state index is 13.1. The van der Waals surface area contributed by atoms with Gasteiger partial charge in [0.2, 0.25) is 0 Å². The molecule has 0 radical (unpaired) electrons. The predicted octanol–water partition coefficient (Wildman–Crippen LogP) is 1.77. The van der Waals surface area contributed by atoms with Crippen molar-refractivity contribution in [3.8, 4) is 11.5 Å². The minimum atomic E-state index is -0.104. The molecule has 1 aromatic carbocycles. The topological polar surface area (TPSA) is 76.9 Å². The van der Waals surface area contributed by atoms with E-state index in [0.29, 0.717) is 49.9 Å². The SMILES string of the molecule is CC(C)(C)c1ccc(=O)n(CCN2CCN(C(=O)c3cccc4c3OCCO4)CC2)n1. The molecule has 166 valence electrons. The van der Waals surface area contributed by atoms with Gasteiger partial charge in [-0.05, 0) is 18.2 Å². The van der Waals surface area contributed by atoms with E-state index in [2.05, 4.69) is 30.8 Å². The van der Waals surface area contributed by atoms with Gasteiger partial charge in [-0.25, -0.2) is 4.68 Å². The molecule has 0 N–H and O–H groups in total. The summed E-state index contributed by atoms with van der Waals surface area (Å²) in [5.74, 6) is 1.15. The summed E-state index contributed by atoms with van der Waals surface area (Å²) in [4.78, 5) is 29.4. The maximum Gasteiger partial charge on any atom is 0.266 e. The van der Waals surface area contributed by atoms with Gasteiger partial charge in [0, 0.05) is 44.2 Å². The minimum absolute atomic E-state index is 0.0298.